The summed E-state index contributed by atoms with van der Waals surface area (Å²) in [5.74, 6) is -0.630. The van der Waals surface area contributed by atoms with E-state index in [1.54, 1.807) is 13.0 Å². The van der Waals surface area contributed by atoms with E-state index in [1.165, 1.54) is 20.5 Å². The summed E-state index contributed by atoms with van der Waals surface area (Å²) in [4.78, 5) is 12.1. The summed E-state index contributed by atoms with van der Waals surface area (Å²) >= 11 is 5.51. The van der Waals surface area contributed by atoms with Gasteiger partial charge in [-0.05, 0) is 37.3 Å². The van der Waals surface area contributed by atoms with E-state index in [-0.39, 0.29) is 23.2 Å². The van der Waals surface area contributed by atoms with Crippen LogP contribution >= 0.6 is 12.2 Å². The van der Waals surface area contributed by atoms with Crippen LogP contribution < -0.4 is 4.74 Å². The number of esters is 1. The molecule has 0 bridgehead atoms. The highest BCUT2D eigenvalue weighted by Crippen LogP contribution is 2.45. The lowest BCUT2D eigenvalue weighted by Gasteiger charge is -2.15. The zero-order chi connectivity index (χ0) is 17.4. The number of hydrogen-bond acceptors (Lipinski definition) is 6. The maximum atomic E-state index is 14.6. The Morgan fingerprint density at radius 3 is 2.67 bits per heavy atom. The van der Waals surface area contributed by atoms with Crippen molar-refractivity contribution in [1.82, 2.24) is 5.16 Å². The van der Waals surface area contributed by atoms with Crippen LogP contribution in [0.25, 0.3) is 0 Å². The normalized spacial score (nSPS) is 13.7. The smallest absolute Gasteiger partial charge is 0.360 e. The van der Waals surface area contributed by atoms with Crippen LogP contribution in [-0.4, -0.2) is 30.2 Å². The van der Waals surface area contributed by atoms with Crippen molar-refractivity contribution < 1.29 is 23.2 Å². The van der Waals surface area contributed by atoms with Crippen molar-refractivity contribution in [2.75, 3.05) is 14.2 Å². The quantitative estimate of drug-likeness (QED) is 0.467. The summed E-state index contributed by atoms with van der Waals surface area (Å²) in [6.45, 7) is 1.73. The molecule has 0 N–H and O–H groups in total. The molecule has 0 spiro atoms. The number of carbonyl (C=O) groups excluding carboxylic acids is 1. The number of hydrogen-bond donors (Lipinski definition) is 0. The van der Waals surface area contributed by atoms with Crippen LogP contribution in [0.1, 0.15) is 51.5 Å². The molecule has 1 aliphatic rings. The van der Waals surface area contributed by atoms with E-state index >= 15 is 0 Å². The van der Waals surface area contributed by atoms with Crippen molar-refractivity contribution >= 4 is 23.1 Å². The minimum absolute atomic E-state index is 0.00170. The second-order valence-corrected chi connectivity index (χ2v) is 6.07. The molecule has 0 aliphatic heterocycles. The fourth-order valence-corrected chi connectivity index (χ4v) is 3.06. The second-order valence-electron chi connectivity index (χ2n) is 5.66. The van der Waals surface area contributed by atoms with Crippen LogP contribution in [-0.2, 0) is 4.74 Å². The van der Waals surface area contributed by atoms with Gasteiger partial charge in [0.05, 0.1) is 24.6 Å². The highest BCUT2D eigenvalue weighted by molar-refractivity contribution is 7.81. The average molecular weight is 349 g/mol. The van der Waals surface area contributed by atoms with Gasteiger partial charge in [0.2, 0.25) is 0 Å². The van der Waals surface area contributed by atoms with E-state index in [0.717, 1.165) is 12.8 Å². The number of thiocarbonyl (C=S) groups is 1. The van der Waals surface area contributed by atoms with Gasteiger partial charge in [-0.2, -0.15) is 0 Å². The van der Waals surface area contributed by atoms with Gasteiger partial charge in [0, 0.05) is 11.1 Å². The van der Waals surface area contributed by atoms with Crippen molar-refractivity contribution in [1.29, 1.82) is 0 Å². The maximum Gasteiger partial charge on any atom is 0.360 e. The molecule has 2 aromatic rings. The number of halogens is 1. The first kappa shape index (κ1) is 16.6. The molecule has 0 unspecified atom stereocenters. The van der Waals surface area contributed by atoms with Crippen LogP contribution in [0.2, 0.25) is 0 Å². The lowest BCUT2D eigenvalue weighted by molar-refractivity contribution is 0.0589. The van der Waals surface area contributed by atoms with Crippen molar-refractivity contribution in [3.63, 3.8) is 0 Å². The van der Waals surface area contributed by atoms with Crippen molar-refractivity contribution in [3.05, 3.63) is 46.1 Å². The molecule has 5 nitrogen and oxygen atoms in total. The summed E-state index contributed by atoms with van der Waals surface area (Å²) in [7, 11) is 2.68. The van der Waals surface area contributed by atoms with Gasteiger partial charge < -0.3 is 14.0 Å². The molecule has 7 heteroatoms. The monoisotopic (exact) mass is 349 g/mol. The third-order valence-electron chi connectivity index (χ3n) is 4.16. The lowest BCUT2D eigenvalue weighted by Crippen LogP contribution is -2.12. The largest absolute Gasteiger partial charge is 0.493 e. The summed E-state index contributed by atoms with van der Waals surface area (Å²) < 4.78 is 29.4. The fraction of sp³-hybridized carbons (Fsp3) is 0.353. The molecule has 126 valence electrons. The molecule has 0 amide bonds. The Bertz CT molecular complexity index is 826. The first-order valence-corrected chi connectivity index (χ1v) is 7.84. The van der Waals surface area contributed by atoms with E-state index < -0.39 is 5.97 Å². The summed E-state index contributed by atoms with van der Waals surface area (Å²) in [6, 6.07) is 1.74. The van der Waals surface area contributed by atoms with E-state index in [4.69, 9.17) is 21.5 Å². The Balaban J connectivity index is 2.12. The first-order chi connectivity index (χ1) is 11.5. The van der Waals surface area contributed by atoms with Gasteiger partial charge in [0.1, 0.15) is 6.26 Å². The van der Waals surface area contributed by atoms with Crippen molar-refractivity contribution in [3.8, 4) is 5.75 Å². The van der Waals surface area contributed by atoms with Crippen molar-refractivity contribution in [2.24, 2.45) is 0 Å². The topological polar surface area (TPSA) is 61.6 Å². The third-order valence-corrected chi connectivity index (χ3v) is 4.60. The zero-order valence-corrected chi connectivity index (χ0v) is 14.3. The zero-order valence-electron chi connectivity index (χ0n) is 13.5. The number of nitrogens with zero attached hydrogens (tertiary/aromatic N) is 1. The summed E-state index contributed by atoms with van der Waals surface area (Å²) in [6.07, 6.45) is 3.17. The molecular weight excluding hydrogens is 333 g/mol. The number of carbonyl (C=O) groups is 1. The van der Waals surface area contributed by atoms with Gasteiger partial charge in [-0.3, -0.25) is 0 Å². The molecule has 1 aromatic heterocycles. The van der Waals surface area contributed by atoms with Gasteiger partial charge in [-0.25, -0.2) is 9.18 Å². The lowest BCUT2D eigenvalue weighted by atomic mass is 9.95. The Hall–Kier alpha value is -2.28. The first-order valence-electron chi connectivity index (χ1n) is 7.44. The Kier molecular flexibility index (Phi) is 4.36. The minimum Gasteiger partial charge on any atom is -0.493 e. The van der Waals surface area contributed by atoms with E-state index in [1.807, 2.05) is 0 Å². The van der Waals surface area contributed by atoms with Crippen LogP contribution in [0.3, 0.4) is 0 Å². The number of ether oxygens (including phenoxy) is 2. The van der Waals surface area contributed by atoms with Gasteiger partial charge in [-0.15, -0.1) is 0 Å². The molecule has 1 fully saturated rings. The van der Waals surface area contributed by atoms with E-state index in [9.17, 15) is 9.18 Å². The number of benzene rings is 1. The Morgan fingerprint density at radius 2 is 2.08 bits per heavy atom. The van der Waals surface area contributed by atoms with Gasteiger partial charge in [0.15, 0.2) is 17.3 Å². The molecule has 1 saturated carbocycles. The van der Waals surface area contributed by atoms with E-state index in [0.29, 0.717) is 27.1 Å². The van der Waals surface area contributed by atoms with E-state index in [2.05, 4.69) is 9.89 Å². The van der Waals surface area contributed by atoms with Crippen LogP contribution in [0.15, 0.2) is 16.9 Å². The Morgan fingerprint density at radius 1 is 1.38 bits per heavy atom. The molecule has 1 aliphatic carbocycles. The van der Waals surface area contributed by atoms with Crippen molar-refractivity contribution in [2.45, 2.75) is 25.7 Å². The predicted octanol–water partition coefficient (Wildman–Crippen LogP) is 3.56. The minimum atomic E-state index is -0.643. The Labute approximate surface area is 143 Å². The van der Waals surface area contributed by atoms with Gasteiger partial charge in [0.25, 0.3) is 0 Å². The SMILES string of the molecule is COC(=O)c1nocc1C(=S)c1cc(C2CC2)c(F)c(OC)c1C. The molecule has 24 heavy (non-hydrogen) atoms. The molecule has 0 saturated heterocycles. The number of aromatic nitrogens is 1. The molecular formula is C17H16FNO4S. The van der Waals surface area contributed by atoms with Gasteiger partial charge >= 0.3 is 5.97 Å². The molecule has 0 radical (unpaired) electrons. The molecule has 0 atom stereocenters. The van der Waals surface area contributed by atoms with Crippen LogP contribution in [0.5, 0.6) is 5.75 Å². The highest BCUT2D eigenvalue weighted by Gasteiger charge is 2.31. The van der Waals surface area contributed by atoms with Crippen LogP contribution in [0.4, 0.5) is 4.39 Å². The number of methoxy groups -OCH3 is 2. The highest BCUT2D eigenvalue weighted by atomic mass is 32.1. The van der Waals surface area contributed by atoms with Crippen LogP contribution in [0, 0.1) is 12.7 Å². The number of rotatable bonds is 5. The summed E-state index contributed by atoms with van der Waals surface area (Å²) in [5, 5.41) is 3.65. The average Bonchev–Trinajstić information content (AvgIpc) is 3.29. The van der Waals surface area contributed by atoms with Gasteiger partial charge in [-0.1, -0.05) is 17.4 Å². The third kappa shape index (κ3) is 2.69. The second kappa shape index (κ2) is 6.32. The fourth-order valence-electron chi connectivity index (χ4n) is 2.70. The molecule has 1 heterocycles. The molecule has 1 aromatic carbocycles. The molecule has 3 rings (SSSR count). The summed E-state index contributed by atoms with van der Waals surface area (Å²) in [5.41, 5.74) is 2.12. The maximum absolute atomic E-state index is 14.6. The standard InChI is InChI=1S/C17H16FNO4S/c1-8-10(6-11(9-4-5-9)13(18)15(8)21-2)16(24)12-7-23-19-14(12)17(20)22-3/h6-7,9H,4-5H2,1-3H3. The predicted molar refractivity (Wildman–Crippen MR) is 88.3 cm³/mol.